The number of anilines is 1. The van der Waals surface area contributed by atoms with Gasteiger partial charge in [0.2, 0.25) is 0 Å². The van der Waals surface area contributed by atoms with E-state index in [1.807, 2.05) is 18.0 Å². The van der Waals surface area contributed by atoms with E-state index in [0.717, 1.165) is 18.7 Å². The van der Waals surface area contributed by atoms with Crippen LogP contribution in [-0.4, -0.2) is 77.0 Å². The molecular weight excluding hydrogens is 360 g/mol. The van der Waals surface area contributed by atoms with Gasteiger partial charge in [-0.3, -0.25) is 10.2 Å². The van der Waals surface area contributed by atoms with Crippen LogP contribution in [0.1, 0.15) is 31.2 Å². The quantitative estimate of drug-likeness (QED) is 0.525. The smallest absolute Gasteiger partial charge is 0.320 e. The molecule has 2 aliphatic rings. The van der Waals surface area contributed by atoms with Gasteiger partial charge in [-0.1, -0.05) is 0 Å². The lowest BCUT2D eigenvalue weighted by atomic mass is 9.85. The Morgan fingerprint density at radius 2 is 1.82 bits per heavy atom. The van der Waals surface area contributed by atoms with Crippen LogP contribution in [0, 0.1) is 11.3 Å². The highest BCUT2D eigenvalue weighted by Crippen LogP contribution is 2.28. The Hall–Kier alpha value is -2.84. The van der Waals surface area contributed by atoms with Crippen molar-refractivity contribution < 1.29 is 14.7 Å². The number of carbonyl (C=O) groups excluding carboxylic acids is 1. The molecule has 0 spiro atoms. The van der Waals surface area contributed by atoms with Crippen LogP contribution >= 0.6 is 0 Å². The number of aliphatic carboxylic acids is 1. The Labute approximate surface area is 164 Å². The molecule has 0 unspecified atom stereocenters. The molecular formula is C19H28N6O3. The molecule has 2 amide bonds. The molecule has 9 nitrogen and oxygen atoms in total. The maximum absolute atomic E-state index is 12.8. The number of nitrogen functional groups attached to an aromatic ring is 1. The monoisotopic (exact) mass is 388 g/mol. The first-order valence-corrected chi connectivity index (χ1v) is 9.66. The molecule has 9 heteroatoms. The number of hydrogen-bond acceptors (Lipinski definition) is 5. The van der Waals surface area contributed by atoms with E-state index in [9.17, 15) is 9.59 Å². The molecule has 1 saturated heterocycles. The van der Waals surface area contributed by atoms with Crippen molar-refractivity contribution in [2.75, 3.05) is 38.1 Å². The number of nitrogens with zero attached hydrogens (tertiary/aromatic N) is 4. The topological polar surface area (TPSA) is 127 Å². The lowest BCUT2D eigenvalue weighted by molar-refractivity contribution is -0.143. The predicted octanol–water partition coefficient (Wildman–Crippen LogP) is 1.18. The summed E-state index contributed by atoms with van der Waals surface area (Å²) < 4.78 is 0. The number of rotatable bonds is 4. The second-order valence-electron chi connectivity index (χ2n) is 7.53. The molecule has 1 aliphatic heterocycles. The number of nitrogens with one attached hydrogen (secondary N) is 1. The molecule has 0 atom stereocenters. The van der Waals surface area contributed by atoms with E-state index in [2.05, 4.69) is 9.88 Å². The van der Waals surface area contributed by atoms with Gasteiger partial charge in [0.15, 0.2) is 0 Å². The lowest BCUT2D eigenvalue weighted by Gasteiger charge is -2.40. The number of amidine groups is 1. The molecule has 1 aromatic heterocycles. The van der Waals surface area contributed by atoms with Crippen molar-refractivity contribution in [2.24, 2.45) is 11.7 Å². The molecule has 28 heavy (non-hydrogen) atoms. The van der Waals surface area contributed by atoms with Gasteiger partial charge in [-0.25, -0.2) is 9.78 Å². The Bertz CT molecular complexity index is 722. The molecule has 2 heterocycles. The zero-order valence-corrected chi connectivity index (χ0v) is 16.2. The van der Waals surface area contributed by atoms with E-state index in [4.69, 9.17) is 16.2 Å². The van der Waals surface area contributed by atoms with E-state index in [-0.39, 0.29) is 23.8 Å². The number of carboxylic acid groups (broad SMARTS) is 1. The van der Waals surface area contributed by atoms with Crippen LogP contribution in [0.25, 0.3) is 0 Å². The fourth-order valence-corrected chi connectivity index (χ4v) is 3.95. The van der Waals surface area contributed by atoms with E-state index < -0.39 is 5.97 Å². The lowest BCUT2D eigenvalue weighted by Crippen LogP contribution is -2.54. The molecule has 0 aromatic carbocycles. The Balaban J connectivity index is 1.50. The van der Waals surface area contributed by atoms with E-state index in [1.54, 1.807) is 17.2 Å². The van der Waals surface area contributed by atoms with E-state index >= 15 is 0 Å². The highest BCUT2D eigenvalue weighted by Gasteiger charge is 2.32. The maximum Gasteiger partial charge on any atom is 0.320 e. The summed E-state index contributed by atoms with van der Waals surface area (Å²) in [7, 11) is 1.82. The van der Waals surface area contributed by atoms with E-state index in [0.29, 0.717) is 44.6 Å². The average molecular weight is 388 g/mol. The number of carboxylic acids is 1. The van der Waals surface area contributed by atoms with Crippen LogP contribution in [0.4, 0.5) is 10.6 Å². The van der Waals surface area contributed by atoms with Crippen molar-refractivity contribution in [1.82, 2.24) is 14.8 Å². The number of nitrogens with two attached hydrogens (primary N) is 1. The second-order valence-corrected chi connectivity index (χ2v) is 7.53. The highest BCUT2D eigenvalue weighted by atomic mass is 16.4. The molecule has 2 fully saturated rings. The molecule has 0 radical (unpaired) electrons. The molecule has 3 rings (SSSR count). The molecule has 1 aliphatic carbocycles. The minimum atomic E-state index is -0.728. The Morgan fingerprint density at radius 3 is 2.32 bits per heavy atom. The summed E-state index contributed by atoms with van der Waals surface area (Å²) in [5.74, 6) is -0.189. The minimum absolute atomic E-state index is 0.00473. The van der Waals surface area contributed by atoms with Crippen molar-refractivity contribution in [3.05, 3.63) is 23.9 Å². The summed E-state index contributed by atoms with van der Waals surface area (Å²) in [4.78, 5) is 34.1. The fraction of sp³-hybridized carbons (Fsp3) is 0.579. The van der Waals surface area contributed by atoms with Crippen LogP contribution in [0.5, 0.6) is 0 Å². The first-order chi connectivity index (χ1) is 13.4. The van der Waals surface area contributed by atoms with Gasteiger partial charge in [0.05, 0.1) is 5.92 Å². The molecule has 152 valence electrons. The number of urea groups is 1. The number of piperazine rings is 1. The van der Waals surface area contributed by atoms with Gasteiger partial charge in [-0.15, -0.1) is 0 Å². The first kappa shape index (κ1) is 19.9. The van der Waals surface area contributed by atoms with E-state index in [1.165, 1.54) is 0 Å². The van der Waals surface area contributed by atoms with Crippen LogP contribution in [0.2, 0.25) is 0 Å². The van der Waals surface area contributed by atoms with Gasteiger partial charge in [0.1, 0.15) is 11.7 Å². The zero-order chi connectivity index (χ0) is 20.3. The molecule has 0 bridgehead atoms. The van der Waals surface area contributed by atoms with Gasteiger partial charge in [-0.05, 0) is 37.8 Å². The van der Waals surface area contributed by atoms with Crippen molar-refractivity contribution in [3.63, 3.8) is 0 Å². The number of pyridine rings is 1. The van der Waals surface area contributed by atoms with Crippen LogP contribution in [-0.2, 0) is 4.79 Å². The largest absolute Gasteiger partial charge is 0.481 e. The molecule has 4 N–H and O–H groups in total. The number of aromatic nitrogens is 1. The number of hydrogen-bond donors (Lipinski definition) is 3. The zero-order valence-electron chi connectivity index (χ0n) is 16.2. The van der Waals surface area contributed by atoms with Crippen molar-refractivity contribution in [1.29, 1.82) is 5.41 Å². The third-order valence-corrected chi connectivity index (χ3v) is 5.83. The third-order valence-electron chi connectivity index (χ3n) is 5.83. The Morgan fingerprint density at radius 1 is 1.18 bits per heavy atom. The van der Waals surface area contributed by atoms with Crippen molar-refractivity contribution in [2.45, 2.75) is 31.7 Å². The minimum Gasteiger partial charge on any atom is -0.481 e. The predicted molar refractivity (Wildman–Crippen MR) is 106 cm³/mol. The van der Waals surface area contributed by atoms with Gasteiger partial charge >= 0.3 is 12.0 Å². The van der Waals surface area contributed by atoms with Gasteiger partial charge in [0, 0.05) is 51.0 Å². The summed E-state index contributed by atoms with van der Waals surface area (Å²) in [5.41, 5.74) is 6.05. The number of carbonyl (C=O) groups is 2. The first-order valence-electron chi connectivity index (χ1n) is 9.66. The number of amides is 2. The van der Waals surface area contributed by atoms with Gasteiger partial charge in [-0.2, -0.15) is 0 Å². The summed E-state index contributed by atoms with van der Waals surface area (Å²) >= 11 is 0. The molecule has 1 aromatic rings. The normalized spacial score (nSPS) is 22.6. The third kappa shape index (κ3) is 4.35. The SMILES string of the molecule is CN(C(=O)N1CCN(c2ccc(C(=N)N)cn2)CC1)C1CCC(C(=O)O)CC1. The maximum atomic E-state index is 12.8. The summed E-state index contributed by atoms with van der Waals surface area (Å²) in [6.07, 6.45) is 4.34. The summed E-state index contributed by atoms with van der Waals surface area (Å²) in [6.45, 7) is 2.61. The second kappa shape index (κ2) is 8.45. The van der Waals surface area contributed by atoms with Crippen LogP contribution in [0.3, 0.4) is 0 Å². The van der Waals surface area contributed by atoms with Crippen molar-refractivity contribution in [3.8, 4) is 0 Å². The van der Waals surface area contributed by atoms with Crippen LogP contribution < -0.4 is 10.6 Å². The fourth-order valence-electron chi connectivity index (χ4n) is 3.95. The molecule has 1 saturated carbocycles. The average Bonchev–Trinajstić information content (AvgIpc) is 2.73. The summed E-state index contributed by atoms with van der Waals surface area (Å²) in [5, 5.41) is 16.5. The summed E-state index contributed by atoms with van der Waals surface area (Å²) in [6, 6.07) is 3.75. The standard InChI is InChI=1S/C19H28N6O3/c1-23(15-5-2-13(3-6-15)18(26)27)19(28)25-10-8-24(9-11-25)16-7-4-14(12-22-16)17(20)21/h4,7,12-13,15H,2-3,5-6,8-11H2,1H3,(H3,20,21)(H,26,27). The van der Waals surface area contributed by atoms with Gasteiger partial charge in [0.25, 0.3) is 0 Å². The Kier molecular flexibility index (Phi) is 6.01. The van der Waals surface area contributed by atoms with Crippen LogP contribution in [0.15, 0.2) is 18.3 Å². The van der Waals surface area contributed by atoms with Crippen molar-refractivity contribution >= 4 is 23.7 Å². The van der Waals surface area contributed by atoms with Gasteiger partial charge < -0.3 is 25.5 Å². The highest BCUT2D eigenvalue weighted by molar-refractivity contribution is 5.94.